The molecule has 2 amide bonds. The van der Waals surface area contributed by atoms with E-state index in [2.05, 4.69) is 5.32 Å². The minimum Gasteiger partial charge on any atom is -0.355 e. The van der Waals surface area contributed by atoms with Gasteiger partial charge in [-0.25, -0.2) is 0 Å². The van der Waals surface area contributed by atoms with E-state index in [4.69, 9.17) is 0 Å². The molecule has 0 aromatic heterocycles. The van der Waals surface area contributed by atoms with Gasteiger partial charge in [0, 0.05) is 25.2 Å². The highest BCUT2D eigenvalue weighted by molar-refractivity contribution is 6.00. The fourth-order valence-electron chi connectivity index (χ4n) is 3.28. The summed E-state index contributed by atoms with van der Waals surface area (Å²) in [5.41, 5.74) is 0.436. The summed E-state index contributed by atoms with van der Waals surface area (Å²) in [6.07, 6.45) is -4.50. The van der Waals surface area contributed by atoms with Crippen LogP contribution in [0.4, 0.5) is 18.9 Å². The van der Waals surface area contributed by atoms with Crippen LogP contribution < -0.4 is 10.2 Å². The number of nitrogens with one attached hydrogen (secondary N) is 1. The van der Waals surface area contributed by atoms with Crippen molar-refractivity contribution in [3.63, 3.8) is 0 Å². The Morgan fingerprint density at radius 1 is 1.18 bits per heavy atom. The van der Waals surface area contributed by atoms with Gasteiger partial charge in [-0.3, -0.25) is 9.59 Å². The van der Waals surface area contributed by atoms with Gasteiger partial charge in [0.1, 0.15) is 0 Å². The van der Waals surface area contributed by atoms with E-state index in [-0.39, 0.29) is 36.4 Å². The molecule has 0 unspecified atom stereocenters. The number of amides is 2. The highest BCUT2D eigenvalue weighted by Gasteiger charge is 2.36. The Hall–Kier alpha value is -2.83. The molecule has 1 heterocycles. The first-order chi connectivity index (χ1) is 13.3. The lowest BCUT2D eigenvalue weighted by Gasteiger charge is -2.19. The second-order valence-electron chi connectivity index (χ2n) is 7.01. The van der Waals surface area contributed by atoms with Crippen LogP contribution in [0.2, 0.25) is 0 Å². The molecule has 0 radical (unpaired) electrons. The summed E-state index contributed by atoms with van der Waals surface area (Å²) < 4.78 is 38.7. The highest BCUT2D eigenvalue weighted by Crippen LogP contribution is 2.33. The van der Waals surface area contributed by atoms with Crippen LogP contribution in [0.15, 0.2) is 54.6 Å². The number of carbonyl (C=O) groups is 2. The van der Waals surface area contributed by atoms with Gasteiger partial charge >= 0.3 is 6.18 Å². The number of halogens is 3. The lowest BCUT2D eigenvalue weighted by atomic mass is 10.0. The summed E-state index contributed by atoms with van der Waals surface area (Å²) in [6, 6.07) is 14.3. The summed E-state index contributed by atoms with van der Waals surface area (Å²) in [5.74, 6) is -1.08. The Morgan fingerprint density at radius 2 is 1.89 bits per heavy atom. The first-order valence-corrected chi connectivity index (χ1v) is 9.06. The molecule has 28 heavy (non-hydrogen) atoms. The highest BCUT2D eigenvalue weighted by atomic mass is 19.4. The van der Waals surface area contributed by atoms with E-state index in [0.717, 1.165) is 17.7 Å². The van der Waals surface area contributed by atoms with E-state index >= 15 is 0 Å². The molecular formula is C21H21F3N2O2. The maximum atomic E-state index is 12.9. The number of carbonyl (C=O) groups excluding carboxylic acids is 2. The Kier molecular flexibility index (Phi) is 5.72. The minimum absolute atomic E-state index is 0.0121. The number of nitrogens with zero attached hydrogens (tertiary/aromatic N) is 1. The number of rotatable bonds is 5. The zero-order chi connectivity index (χ0) is 20.3. The molecule has 0 spiro atoms. The van der Waals surface area contributed by atoms with Gasteiger partial charge in [-0.15, -0.1) is 0 Å². The zero-order valence-corrected chi connectivity index (χ0v) is 15.4. The minimum atomic E-state index is -4.48. The molecule has 0 bridgehead atoms. The summed E-state index contributed by atoms with van der Waals surface area (Å²) in [7, 11) is 0. The lowest BCUT2D eigenvalue weighted by molar-refractivity contribution is -0.137. The third-order valence-corrected chi connectivity index (χ3v) is 4.93. The van der Waals surface area contributed by atoms with Crippen molar-refractivity contribution in [3.8, 4) is 0 Å². The first kappa shape index (κ1) is 19.9. The van der Waals surface area contributed by atoms with Gasteiger partial charge in [0.2, 0.25) is 11.8 Å². The number of hydrogen-bond donors (Lipinski definition) is 1. The third-order valence-electron chi connectivity index (χ3n) is 4.93. The van der Waals surface area contributed by atoms with Crippen LogP contribution in [-0.2, 0) is 15.8 Å². The molecule has 7 heteroatoms. The maximum Gasteiger partial charge on any atom is 0.416 e. The van der Waals surface area contributed by atoms with Crippen LogP contribution in [0.1, 0.15) is 30.4 Å². The van der Waals surface area contributed by atoms with Crippen molar-refractivity contribution >= 4 is 17.5 Å². The number of anilines is 1. The summed E-state index contributed by atoms with van der Waals surface area (Å²) in [5, 5.41) is 2.85. The molecule has 0 aliphatic carbocycles. The molecule has 2 aromatic rings. The predicted octanol–water partition coefficient (Wildman–Crippen LogP) is 3.98. The van der Waals surface area contributed by atoms with E-state index < -0.39 is 17.7 Å². The van der Waals surface area contributed by atoms with E-state index in [0.29, 0.717) is 6.54 Å². The van der Waals surface area contributed by atoms with Crippen LogP contribution in [0.3, 0.4) is 0 Å². The average molecular weight is 390 g/mol. The van der Waals surface area contributed by atoms with E-state index in [9.17, 15) is 22.8 Å². The first-order valence-electron chi connectivity index (χ1n) is 9.06. The molecular weight excluding hydrogens is 369 g/mol. The van der Waals surface area contributed by atoms with Crippen molar-refractivity contribution in [2.24, 2.45) is 5.92 Å². The Bertz CT molecular complexity index is 852. The van der Waals surface area contributed by atoms with Gasteiger partial charge in [-0.2, -0.15) is 13.2 Å². The third kappa shape index (κ3) is 4.52. The second-order valence-corrected chi connectivity index (χ2v) is 7.01. The summed E-state index contributed by atoms with van der Waals surface area (Å²) in [4.78, 5) is 26.0. The van der Waals surface area contributed by atoms with Crippen molar-refractivity contribution in [1.82, 2.24) is 5.32 Å². The van der Waals surface area contributed by atoms with Gasteiger partial charge in [0.15, 0.2) is 0 Å². The van der Waals surface area contributed by atoms with Crippen molar-refractivity contribution in [2.45, 2.75) is 25.4 Å². The molecule has 2 aromatic carbocycles. The topological polar surface area (TPSA) is 49.4 Å². The Labute approximate surface area is 161 Å². The Balaban J connectivity index is 1.62. The van der Waals surface area contributed by atoms with Gasteiger partial charge in [0.25, 0.3) is 0 Å². The monoisotopic (exact) mass is 390 g/mol. The van der Waals surface area contributed by atoms with Crippen molar-refractivity contribution in [3.05, 3.63) is 65.7 Å². The summed E-state index contributed by atoms with van der Waals surface area (Å²) >= 11 is 0. The van der Waals surface area contributed by atoms with Crippen molar-refractivity contribution in [1.29, 1.82) is 0 Å². The molecule has 1 saturated heterocycles. The molecule has 1 fully saturated rings. The van der Waals surface area contributed by atoms with Gasteiger partial charge in [-0.05, 0) is 29.7 Å². The van der Waals surface area contributed by atoms with Gasteiger partial charge in [-0.1, -0.05) is 43.3 Å². The summed E-state index contributed by atoms with van der Waals surface area (Å²) in [6.45, 7) is 2.49. The largest absolute Gasteiger partial charge is 0.416 e. The van der Waals surface area contributed by atoms with E-state index in [1.54, 1.807) is 0 Å². The number of benzene rings is 2. The van der Waals surface area contributed by atoms with Crippen LogP contribution in [0.5, 0.6) is 0 Å². The Morgan fingerprint density at radius 3 is 2.57 bits per heavy atom. The molecule has 2 atom stereocenters. The fourth-order valence-corrected chi connectivity index (χ4v) is 3.28. The van der Waals surface area contributed by atoms with Crippen molar-refractivity contribution < 1.29 is 22.8 Å². The molecule has 4 nitrogen and oxygen atoms in total. The van der Waals surface area contributed by atoms with Crippen LogP contribution >= 0.6 is 0 Å². The maximum absolute atomic E-state index is 12.9. The van der Waals surface area contributed by atoms with E-state index in [1.807, 2.05) is 37.3 Å². The van der Waals surface area contributed by atoms with E-state index in [1.165, 1.54) is 17.0 Å². The van der Waals surface area contributed by atoms with Crippen molar-refractivity contribution in [2.75, 3.05) is 18.0 Å². The molecule has 0 saturated carbocycles. The average Bonchev–Trinajstić information content (AvgIpc) is 3.08. The molecule has 1 aliphatic heterocycles. The number of alkyl halides is 3. The molecule has 3 rings (SSSR count). The lowest BCUT2D eigenvalue weighted by Crippen LogP contribution is -2.35. The quantitative estimate of drug-likeness (QED) is 0.840. The smallest absolute Gasteiger partial charge is 0.355 e. The van der Waals surface area contributed by atoms with Crippen LogP contribution in [0, 0.1) is 5.92 Å². The standard InChI is InChI=1S/C21H21F3N2O2/c1-14(15-6-3-2-4-7-15)12-25-20(28)16-10-19(27)26(13-16)18-9-5-8-17(11-18)21(22,23)24/h2-9,11,14,16H,10,12-13H2,1H3,(H,25,28)/t14-,16+/m0/s1. The van der Waals surface area contributed by atoms with Crippen LogP contribution in [0.25, 0.3) is 0 Å². The molecule has 148 valence electrons. The molecule has 1 N–H and O–H groups in total. The van der Waals surface area contributed by atoms with Gasteiger partial charge < -0.3 is 10.2 Å². The number of hydrogen-bond acceptors (Lipinski definition) is 2. The normalized spacial score (nSPS) is 18.2. The van der Waals surface area contributed by atoms with Crippen LogP contribution in [-0.4, -0.2) is 24.9 Å². The fraction of sp³-hybridized carbons (Fsp3) is 0.333. The van der Waals surface area contributed by atoms with Gasteiger partial charge in [0.05, 0.1) is 11.5 Å². The predicted molar refractivity (Wildman–Crippen MR) is 99.8 cm³/mol. The second kappa shape index (κ2) is 8.04. The SMILES string of the molecule is C[C@@H](CNC(=O)[C@@H]1CC(=O)N(c2cccc(C(F)(F)F)c2)C1)c1ccccc1. The zero-order valence-electron chi connectivity index (χ0n) is 15.4. The molecule has 1 aliphatic rings.